The number of nitrogens with one attached hydrogen (secondary N) is 2. The number of benzene rings is 2. The number of amides is 2. The zero-order valence-electron chi connectivity index (χ0n) is 19.8. The van der Waals surface area contributed by atoms with E-state index in [0.29, 0.717) is 50.5 Å². The molecule has 1 fully saturated rings. The van der Waals surface area contributed by atoms with Crippen molar-refractivity contribution in [3.63, 3.8) is 0 Å². The fourth-order valence-electron chi connectivity index (χ4n) is 3.72. The van der Waals surface area contributed by atoms with E-state index >= 15 is 0 Å². The summed E-state index contributed by atoms with van der Waals surface area (Å²) in [7, 11) is 1.48. The number of nitrogens with zero attached hydrogens (tertiary/aromatic N) is 1. The molecule has 3 rings (SSSR count). The number of morpholine rings is 1. The Labute approximate surface area is 205 Å². The van der Waals surface area contributed by atoms with Crippen molar-refractivity contribution in [2.45, 2.75) is 32.2 Å². The number of phenolic OH excluding ortho intramolecular Hbond substituents is 1. The molecule has 9 nitrogen and oxygen atoms in total. The van der Waals surface area contributed by atoms with Gasteiger partial charge in [0, 0.05) is 43.7 Å². The summed E-state index contributed by atoms with van der Waals surface area (Å²) < 4.78 is 10.5. The molecule has 1 saturated heterocycles. The minimum Gasteiger partial charge on any atom is -0.504 e. The van der Waals surface area contributed by atoms with Crippen molar-refractivity contribution in [2.75, 3.05) is 38.3 Å². The van der Waals surface area contributed by atoms with E-state index in [1.807, 2.05) is 12.1 Å². The zero-order chi connectivity index (χ0) is 25.0. The number of carbonyl (C=O) groups excluding carboxylic acids is 2. The molecular weight excluding hydrogens is 450 g/mol. The van der Waals surface area contributed by atoms with Gasteiger partial charge in [-0.05, 0) is 48.7 Å². The van der Waals surface area contributed by atoms with Crippen molar-refractivity contribution in [3.05, 3.63) is 53.1 Å². The molecule has 0 spiro atoms. The van der Waals surface area contributed by atoms with Crippen molar-refractivity contribution in [1.29, 1.82) is 0 Å². The third-order valence-corrected chi connectivity index (χ3v) is 5.60. The molecule has 186 valence electrons. The fourth-order valence-corrected chi connectivity index (χ4v) is 3.72. The third-order valence-electron chi connectivity index (χ3n) is 5.60. The number of carbonyl (C=O) groups is 2. The van der Waals surface area contributed by atoms with Crippen molar-refractivity contribution >= 4 is 17.5 Å². The maximum atomic E-state index is 13.2. The van der Waals surface area contributed by atoms with Gasteiger partial charge >= 0.3 is 0 Å². The standard InChI is InChI=1S/C26H31N3O6/c1-34-24-11-9-20(17-23(24)30)18-27-26(32)21-16-19(6-4-2-3-5-7-25(31)28-33)8-10-22(21)29-12-14-35-15-13-29/h8-11,16-17,30,33H,2-3,5,7,12-15,18H2,1H3,(H,27,32)(H,28,31). The van der Waals surface area contributed by atoms with Gasteiger partial charge in [-0.15, -0.1) is 0 Å². The number of methoxy groups -OCH3 is 1. The normalized spacial score (nSPS) is 12.9. The second-order valence-corrected chi connectivity index (χ2v) is 8.06. The summed E-state index contributed by atoms with van der Waals surface area (Å²) in [4.78, 5) is 26.4. The average molecular weight is 482 g/mol. The highest BCUT2D eigenvalue weighted by Gasteiger charge is 2.19. The molecule has 9 heteroatoms. The lowest BCUT2D eigenvalue weighted by atomic mass is 10.1. The summed E-state index contributed by atoms with van der Waals surface area (Å²) in [6.45, 7) is 2.83. The molecule has 2 aromatic rings. The highest BCUT2D eigenvalue weighted by Crippen LogP contribution is 2.27. The minimum absolute atomic E-state index is 0.0162. The van der Waals surface area contributed by atoms with Crippen LogP contribution in [0.3, 0.4) is 0 Å². The van der Waals surface area contributed by atoms with Crippen molar-refractivity contribution in [3.8, 4) is 23.3 Å². The van der Waals surface area contributed by atoms with Gasteiger partial charge in [-0.25, -0.2) is 5.48 Å². The lowest BCUT2D eigenvalue weighted by Gasteiger charge is -2.30. The molecule has 4 N–H and O–H groups in total. The Balaban J connectivity index is 1.71. The van der Waals surface area contributed by atoms with E-state index in [1.165, 1.54) is 7.11 Å². The molecule has 2 aromatic carbocycles. The predicted molar refractivity (Wildman–Crippen MR) is 131 cm³/mol. The van der Waals surface area contributed by atoms with Crippen LogP contribution in [0, 0.1) is 11.8 Å². The third kappa shape index (κ3) is 7.64. The Morgan fingerprint density at radius 1 is 1.14 bits per heavy atom. The maximum Gasteiger partial charge on any atom is 0.253 e. The number of hydrogen-bond acceptors (Lipinski definition) is 7. The minimum atomic E-state index is -0.405. The molecule has 35 heavy (non-hydrogen) atoms. The van der Waals surface area contributed by atoms with Gasteiger partial charge in [0.25, 0.3) is 5.91 Å². The number of phenols is 1. The first-order valence-electron chi connectivity index (χ1n) is 11.5. The molecule has 0 aliphatic carbocycles. The van der Waals surface area contributed by atoms with Gasteiger partial charge in [0.1, 0.15) is 0 Å². The van der Waals surface area contributed by atoms with Crippen LogP contribution in [0.15, 0.2) is 36.4 Å². The van der Waals surface area contributed by atoms with Crippen molar-refractivity contribution in [1.82, 2.24) is 10.8 Å². The van der Waals surface area contributed by atoms with Gasteiger partial charge in [0.2, 0.25) is 5.91 Å². The Kier molecular flexibility index (Phi) is 9.78. The number of hydroxylamine groups is 1. The quantitative estimate of drug-likeness (QED) is 0.188. The van der Waals surface area contributed by atoms with E-state index in [1.54, 1.807) is 29.7 Å². The highest BCUT2D eigenvalue weighted by atomic mass is 16.5. The molecule has 0 saturated carbocycles. The number of hydrogen-bond donors (Lipinski definition) is 4. The number of aromatic hydroxyl groups is 1. The van der Waals surface area contributed by atoms with E-state index in [4.69, 9.17) is 14.7 Å². The van der Waals surface area contributed by atoms with Crippen LogP contribution < -0.4 is 20.4 Å². The fraction of sp³-hybridized carbons (Fsp3) is 0.385. The lowest BCUT2D eigenvalue weighted by Crippen LogP contribution is -2.38. The molecule has 2 amide bonds. The van der Waals surface area contributed by atoms with Crippen LogP contribution in [0.5, 0.6) is 11.5 Å². The van der Waals surface area contributed by atoms with Gasteiger partial charge in [0.05, 0.1) is 25.9 Å². The smallest absolute Gasteiger partial charge is 0.253 e. The molecule has 0 aromatic heterocycles. The Morgan fingerprint density at radius 3 is 2.66 bits per heavy atom. The molecular formula is C26H31N3O6. The van der Waals surface area contributed by atoms with Gasteiger partial charge in [-0.1, -0.05) is 17.9 Å². The maximum absolute atomic E-state index is 13.2. The average Bonchev–Trinajstić information content (AvgIpc) is 2.89. The first kappa shape index (κ1) is 25.9. The van der Waals surface area contributed by atoms with E-state index < -0.39 is 5.91 Å². The van der Waals surface area contributed by atoms with Crippen LogP contribution in [0.25, 0.3) is 0 Å². The largest absolute Gasteiger partial charge is 0.504 e. The van der Waals surface area contributed by atoms with Crippen LogP contribution in [-0.2, 0) is 16.1 Å². The Bertz CT molecular complexity index is 1090. The van der Waals surface area contributed by atoms with E-state index in [9.17, 15) is 14.7 Å². The SMILES string of the molecule is COc1ccc(CNC(=O)c2cc(C#CCCCCC(=O)NO)ccc2N2CCOCC2)cc1O. The Hall–Kier alpha value is -3.74. The van der Waals surface area contributed by atoms with Crippen LogP contribution in [0.2, 0.25) is 0 Å². The van der Waals surface area contributed by atoms with Crippen molar-refractivity contribution < 1.29 is 29.4 Å². The predicted octanol–water partition coefficient (Wildman–Crippen LogP) is 2.58. The monoisotopic (exact) mass is 481 g/mol. The van der Waals surface area contributed by atoms with Crippen molar-refractivity contribution in [2.24, 2.45) is 0 Å². The second-order valence-electron chi connectivity index (χ2n) is 8.06. The molecule has 0 radical (unpaired) electrons. The van der Waals surface area contributed by atoms with Gasteiger partial charge in [0.15, 0.2) is 11.5 Å². The first-order chi connectivity index (χ1) is 17.0. The number of rotatable bonds is 9. The number of anilines is 1. The summed E-state index contributed by atoms with van der Waals surface area (Å²) >= 11 is 0. The van der Waals surface area contributed by atoms with Crippen LogP contribution in [0.4, 0.5) is 5.69 Å². The van der Waals surface area contributed by atoms with Gasteiger partial charge < -0.3 is 24.8 Å². The molecule has 1 heterocycles. The van der Waals surface area contributed by atoms with Crippen LogP contribution >= 0.6 is 0 Å². The second kappa shape index (κ2) is 13.2. The number of ether oxygens (including phenoxy) is 2. The first-order valence-corrected chi connectivity index (χ1v) is 11.5. The molecule has 1 aliphatic heterocycles. The van der Waals surface area contributed by atoms with Crippen LogP contribution in [0.1, 0.15) is 47.2 Å². The topological polar surface area (TPSA) is 120 Å². The molecule has 0 bridgehead atoms. The molecule has 1 aliphatic rings. The van der Waals surface area contributed by atoms with E-state index in [-0.39, 0.29) is 24.6 Å². The molecule has 0 unspecified atom stereocenters. The number of unbranched alkanes of at least 4 members (excludes halogenated alkanes) is 2. The van der Waals surface area contributed by atoms with Gasteiger partial charge in [-0.2, -0.15) is 0 Å². The molecule has 0 atom stereocenters. The highest BCUT2D eigenvalue weighted by molar-refractivity contribution is 6.00. The lowest BCUT2D eigenvalue weighted by molar-refractivity contribution is -0.129. The summed E-state index contributed by atoms with van der Waals surface area (Å²) in [5, 5.41) is 21.5. The summed E-state index contributed by atoms with van der Waals surface area (Å²) in [6, 6.07) is 10.6. The summed E-state index contributed by atoms with van der Waals surface area (Å²) in [5.74, 6) is 5.93. The zero-order valence-corrected chi connectivity index (χ0v) is 19.8. The van der Waals surface area contributed by atoms with E-state index in [0.717, 1.165) is 23.2 Å². The Morgan fingerprint density at radius 2 is 1.94 bits per heavy atom. The summed E-state index contributed by atoms with van der Waals surface area (Å²) in [5.41, 5.74) is 4.43. The summed E-state index contributed by atoms with van der Waals surface area (Å²) in [6.07, 6.45) is 2.22. The van der Waals surface area contributed by atoms with E-state index in [2.05, 4.69) is 22.1 Å². The van der Waals surface area contributed by atoms with Gasteiger partial charge in [-0.3, -0.25) is 14.8 Å². The van der Waals surface area contributed by atoms with Crippen LogP contribution in [-0.4, -0.2) is 55.5 Å².